The minimum Gasteiger partial charge on any atom is -0.305 e. The van der Waals surface area contributed by atoms with Gasteiger partial charge in [-0.15, -0.1) is 0 Å². The van der Waals surface area contributed by atoms with E-state index in [4.69, 9.17) is 0 Å². The van der Waals surface area contributed by atoms with Gasteiger partial charge in [-0.3, -0.25) is 9.67 Å². The van der Waals surface area contributed by atoms with E-state index in [1.165, 1.54) is 11.3 Å². The fourth-order valence-electron chi connectivity index (χ4n) is 1.27. The molecule has 1 N–H and O–H groups in total. The molecule has 0 aliphatic carbocycles. The van der Waals surface area contributed by atoms with Crippen LogP contribution < -0.4 is 0 Å². The molecule has 0 aromatic rings. The van der Waals surface area contributed by atoms with E-state index in [0.29, 0.717) is 0 Å². The van der Waals surface area contributed by atoms with Crippen molar-refractivity contribution in [2.24, 2.45) is 7.05 Å². The van der Waals surface area contributed by atoms with Crippen molar-refractivity contribution in [3.05, 3.63) is 18.1 Å². The summed E-state index contributed by atoms with van der Waals surface area (Å²) < 4.78 is 1.97. The maximum absolute atomic E-state index is 4.18. The third-order valence-electron chi connectivity index (χ3n) is 1.76. The fraction of sp³-hybridized carbons (Fsp3) is 0.286. The van der Waals surface area contributed by atoms with E-state index in [-0.39, 0.29) is 0 Å². The Hall–Kier alpha value is -1.25. The summed E-state index contributed by atoms with van der Waals surface area (Å²) >= 11 is 0. The van der Waals surface area contributed by atoms with Crippen molar-refractivity contribution in [1.82, 2.24) is 14.8 Å². The van der Waals surface area contributed by atoms with Crippen molar-refractivity contribution >= 4 is 0 Å². The van der Waals surface area contributed by atoms with Gasteiger partial charge < -0.3 is 5.10 Å². The second kappa shape index (κ2) is 1.62. The zero-order valence-corrected chi connectivity index (χ0v) is 6.05. The van der Waals surface area contributed by atoms with Gasteiger partial charge in [0.1, 0.15) is 0 Å². The lowest BCUT2D eigenvalue weighted by Gasteiger charge is -1.94. The van der Waals surface area contributed by atoms with Crippen molar-refractivity contribution in [1.29, 1.82) is 0 Å². The smallest absolute Gasteiger partial charge is 0.0883 e. The Labute approximate surface area is 59.0 Å². The van der Waals surface area contributed by atoms with Crippen molar-refractivity contribution in [2.75, 3.05) is 0 Å². The van der Waals surface area contributed by atoms with Crippen LogP contribution in [0, 0.1) is 6.92 Å². The number of nitrogens with zero attached hydrogens (tertiary/aromatic N) is 2. The molecule has 0 spiro atoms. The van der Waals surface area contributed by atoms with Gasteiger partial charge in [0.25, 0.3) is 0 Å². The molecule has 2 aliphatic rings. The van der Waals surface area contributed by atoms with Crippen LogP contribution in [0.4, 0.5) is 0 Å². The van der Waals surface area contributed by atoms with Gasteiger partial charge in [0.2, 0.25) is 0 Å². The van der Waals surface area contributed by atoms with E-state index in [9.17, 15) is 0 Å². The van der Waals surface area contributed by atoms with Crippen molar-refractivity contribution in [2.45, 2.75) is 6.92 Å². The van der Waals surface area contributed by atoms with Gasteiger partial charge in [-0.1, -0.05) is 0 Å². The Morgan fingerprint density at radius 2 is 2.40 bits per heavy atom. The van der Waals surface area contributed by atoms with Crippen molar-refractivity contribution < 1.29 is 0 Å². The molecule has 52 valence electrons. The van der Waals surface area contributed by atoms with Gasteiger partial charge in [0, 0.05) is 25.0 Å². The summed E-state index contributed by atoms with van der Waals surface area (Å²) in [5.41, 5.74) is 3.46. The molecule has 2 rings (SSSR count). The van der Waals surface area contributed by atoms with E-state index >= 15 is 0 Å². The number of aromatic amines is 1. The SMILES string of the molecule is Cc1ncc2c[nH]n(C)c1-2. The molecule has 0 saturated heterocycles. The standard InChI is InChI=1S/C7H9N3/c1-5-7-6(3-8-5)4-9-10(7)2/h3-4,9H,1-2H3. The van der Waals surface area contributed by atoms with E-state index in [1.807, 2.05) is 31.0 Å². The minimum absolute atomic E-state index is 1.08. The number of rotatable bonds is 0. The Kier molecular flexibility index (Phi) is 0.897. The highest BCUT2D eigenvalue weighted by atomic mass is 15.3. The molecular weight excluding hydrogens is 126 g/mol. The quantitative estimate of drug-likeness (QED) is 0.577. The van der Waals surface area contributed by atoms with Crippen LogP contribution in [0.3, 0.4) is 0 Å². The maximum Gasteiger partial charge on any atom is 0.0883 e. The van der Waals surface area contributed by atoms with Gasteiger partial charge >= 0.3 is 0 Å². The Balaban J connectivity index is 2.80. The number of aromatic nitrogens is 3. The number of aryl methyl sites for hydroxylation is 2. The van der Waals surface area contributed by atoms with E-state index < -0.39 is 0 Å². The van der Waals surface area contributed by atoms with Crippen LogP contribution in [0.25, 0.3) is 11.3 Å². The van der Waals surface area contributed by atoms with Crippen LogP contribution in [-0.4, -0.2) is 14.8 Å². The largest absolute Gasteiger partial charge is 0.305 e. The number of nitrogens with one attached hydrogen (secondary N) is 1. The third-order valence-corrected chi connectivity index (χ3v) is 1.76. The molecule has 3 nitrogen and oxygen atoms in total. The molecule has 2 heterocycles. The predicted molar refractivity (Wildman–Crippen MR) is 38.9 cm³/mol. The summed E-state index contributed by atoms with van der Waals surface area (Å²) in [6.45, 7) is 2.01. The second-order valence-corrected chi connectivity index (χ2v) is 2.48. The van der Waals surface area contributed by atoms with Crippen LogP contribution in [0.2, 0.25) is 0 Å². The van der Waals surface area contributed by atoms with E-state index in [2.05, 4.69) is 10.1 Å². The van der Waals surface area contributed by atoms with Crippen LogP contribution in [0.5, 0.6) is 0 Å². The third kappa shape index (κ3) is 0.518. The Morgan fingerprint density at radius 1 is 1.60 bits per heavy atom. The molecular formula is C7H9N3. The highest BCUT2D eigenvalue weighted by Gasteiger charge is 2.10. The first-order valence-electron chi connectivity index (χ1n) is 3.24. The van der Waals surface area contributed by atoms with Crippen molar-refractivity contribution in [3.8, 4) is 11.3 Å². The summed E-state index contributed by atoms with van der Waals surface area (Å²) in [6.07, 6.45) is 3.83. The number of hydrogen-bond donors (Lipinski definition) is 1. The van der Waals surface area contributed by atoms with Gasteiger partial charge in [-0.05, 0) is 6.92 Å². The first kappa shape index (κ1) is 5.53. The predicted octanol–water partition coefficient (Wildman–Crippen LogP) is 1.16. The molecule has 0 atom stereocenters. The van der Waals surface area contributed by atoms with Gasteiger partial charge in [0.15, 0.2) is 0 Å². The van der Waals surface area contributed by atoms with E-state index in [1.54, 1.807) is 0 Å². The topological polar surface area (TPSA) is 33.6 Å². The monoisotopic (exact) mass is 135 g/mol. The lowest BCUT2D eigenvalue weighted by Crippen LogP contribution is -1.91. The Morgan fingerprint density at radius 3 is 3.10 bits per heavy atom. The van der Waals surface area contributed by atoms with Crippen LogP contribution >= 0.6 is 0 Å². The van der Waals surface area contributed by atoms with Crippen LogP contribution in [-0.2, 0) is 7.05 Å². The fourth-order valence-corrected chi connectivity index (χ4v) is 1.27. The minimum atomic E-state index is 1.08. The maximum atomic E-state index is 4.18. The number of H-pyrrole nitrogens is 1. The molecule has 2 aliphatic heterocycles. The zero-order valence-electron chi connectivity index (χ0n) is 6.05. The molecule has 3 heteroatoms. The highest BCUT2D eigenvalue weighted by molar-refractivity contribution is 5.62. The van der Waals surface area contributed by atoms with Crippen LogP contribution in [0.15, 0.2) is 12.4 Å². The summed E-state index contributed by atoms with van der Waals surface area (Å²) in [5, 5.41) is 3.07. The molecule has 0 fully saturated rings. The van der Waals surface area contributed by atoms with Gasteiger partial charge in [-0.25, -0.2) is 0 Å². The first-order chi connectivity index (χ1) is 4.79. The molecule has 0 aromatic carbocycles. The van der Waals surface area contributed by atoms with E-state index in [0.717, 1.165) is 5.69 Å². The van der Waals surface area contributed by atoms with Crippen molar-refractivity contribution in [3.63, 3.8) is 0 Å². The summed E-state index contributed by atoms with van der Waals surface area (Å²) in [5.74, 6) is 0. The normalized spacial score (nSPS) is 11.0. The summed E-state index contributed by atoms with van der Waals surface area (Å²) in [7, 11) is 1.98. The zero-order chi connectivity index (χ0) is 7.14. The number of hydrogen-bond acceptors (Lipinski definition) is 1. The molecule has 0 bridgehead atoms. The highest BCUT2D eigenvalue weighted by Crippen LogP contribution is 2.22. The molecule has 10 heavy (non-hydrogen) atoms. The van der Waals surface area contributed by atoms with Gasteiger partial charge in [0.05, 0.1) is 11.4 Å². The molecule has 0 amide bonds. The first-order valence-corrected chi connectivity index (χ1v) is 3.24. The molecule has 0 unspecified atom stereocenters. The second-order valence-electron chi connectivity index (χ2n) is 2.48. The lowest BCUT2D eigenvalue weighted by atomic mass is 10.2. The molecule has 0 aromatic heterocycles. The Bertz CT molecular complexity index is 289. The lowest BCUT2D eigenvalue weighted by molar-refractivity contribution is 0.773. The average Bonchev–Trinajstić information content (AvgIpc) is 2.40. The van der Waals surface area contributed by atoms with Gasteiger partial charge in [-0.2, -0.15) is 0 Å². The summed E-state index contributed by atoms with van der Waals surface area (Å²) in [6, 6.07) is 0. The molecule has 0 radical (unpaired) electrons. The molecule has 0 saturated carbocycles. The number of fused-ring (bicyclic) bond motifs is 1. The summed E-state index contributed by atoms with van der Waals surface area (Å²) in [4.78, 5) is 4.18. The van der Waals surface area contributed by atoms with Crippen LogP contribution in [0.1, 0.15) is 5.69 Å². The average molecular weight is 135 g/mol.